The fraction of sp³-hybridized carbons (Fsp3) is 0. The van der Waals surface area contributed by atoms with Gasteiger partial charge < -0.3 is 10.2 Å². The van der Waals surface area contributed by atoms with Gasteiger partial charge in [0, 0.05) is 19.6 Å². The molecule has 0 atom stereocenters. The van der Waals surface area contributed by atoms with Crippen LogP contribution in [0.4, 0.5) is 0 Å². The zero-order chi connectivity index (χ0) is 5.98. The van der Waals surface area contributed by atoms with Crippen LogP contribution in [-0.2, 0) is 0 Å². The van der Waals surface area contributed by atoms with Crippen LogP contribution < -0.4 is 0 Å². The Balaban J connectivity index is 0.000000640. The van der Waals surface area contributed by atoms with Gasteiger partial charge in [0.25, 0.3) is 0 Å². The highest BCUT2D eigenvalue weighted by Gasteiger charge is 1.85. The third-order valence-corrected chi connectivity index (χ3v) is 0.830. The SMILES string of the molecule is Oc1cccc(O)c1.[S]. The predicted octanol–water partition coefficient (Wildman–Crippen LogP) is 1.75. The van der Waals surface area contributed by atoms with E-state index >= 15 is 0 Å². The summed E-state index contributed by atoms with van der Waals surface area (Å²) in [6, 6.07) is 5.85. The van der Waals surface area contributed by atoms with Crippen molar-refractivity contribution in [1.82, 2.24) is 0 Å². The number of hydrogen-bond acceptors (Lipinski definition) is 2. The number of phenols is 2. The van der Waals surface area contributed by atoms with Crippen molar-refractivity contribution in [3.63, 3.8) is 0 Å². The summed E-state index contributed by atoms with van der Waals surface area (Å²) in [5, 5.41) is 17.3. The first kappa shape index (κ1) is 8.17. The first-order valence-electron chi connectivity index (χ1n) is 2.27. The molecular formula is C6H6O2S. The molecule has 2 radical (unpaired) electrons. The number of hydrogen-bond donors (Lipinski definition) is 2. The van der Waals surface area contributed by atoms with Gasteiger partial charge in [0.05, 0.1) is 0 Å². The molecule has 0 saturated heterocycles. The Morgan fingerprint density at radius 1 is 1.00 bits per heavy atom. The maximum Gasteiger partial charge on any atom is 0.119 e. The Bertz CT molecular complexity index is 171. The Kier molecular flexibility index (Phi) is 2.95. The molecular weight excluding hydrogens is 136 g/mol. The van der Waals surface area contributed by atoms with E-state index in [9.17, 15) is 0 Å². The minimum Gasteiger partial charge on any atom is -0.508 e. The first-order valence-corrected chi connectivity index (χ1v) is 2.27. The molecule has 1 rings (SSSR count). The average Bonchev–Trinajstić information content (AvgIpc) is 1.64. The van der Waals surface area contributed by atoms with Crippen LogP contribution in [0, 0.1) is 0 Å². The highest BCUT2D eigenvalue weighted by Crippen LogP contribution is 2.14. The lowest BCUT2D eigenvalue weighted by molar-refractivity contribution is 0.450. The van der Waals surface area contributed by atoms with E-state index < -0.39 is 0 Å². The summed E-state index contributed by atoms with van der Waals surface area (Å²) in [7, 11) is 0. The van der Waals surface area contributed by atoms with E-state index in [0.717, 1.165) is 0 Å². The number of rotatable bonds is 0. The molecule has 0 fully saturated rings. The molecule has 0 bridgehead atoms. The Morgan fingerprint density at radius 3 is 1.67 bits per heavy atom. The molecule has 2 nitrogen and oxygen atoms in total. The third-order valence-electron chi connectivity index (χ3n) is 0.830. The lowest BCUT2D eigenvalue weighted by Gasteiger charge is -1.89. The molecule has 0 amide bonds. The summed E-state index contributed by atoms with van der Waals surface area (Å²) in [5.74, 6) is 0.176. The molecule has 0 aliphatic rings. The quantitative estimate of drug-likeness (QED) is 0.579. The molecule has 0 aliphatic carbocycles. The molecule has 1 aromatic carbocycles. The van der Waals surface area contributed by atoms with E-state index in [1.807, 2.05) is 0 Å². The van der Waals surface area contributed by atoms with Crippen LogP contribution in [0.25, 0.3) is 0 Å². The minimum absolute atomic E-state index is 0. The molecule has 3 heteroatoms. The normalized spacial score (nSPS) is 8.00. The van der Waals surface area contributed by atoms with Crippen LogP contribution in [-0.4, -0.2) is 10.2 Å². The van der Waals surface area contributed by atoms with Crippen molar-refractivity contribution in [3.8, 4) is 11.5 Å². The van der Waals surface area contributed by atoms with Gasteiger partial charge in [0.2, 0.25) is 0 Å². The average molecular weight is 142 g/mol. The summed E-state index contributed by atoms with van der Waals surface area (Å²) < 4.78 is 0. The second-order valence-electron chi connectivity index (χ2n) is 1.52. The van der Waals surface area contributed by atoms with Gasteiger partial charge in [-0.15, -0.1) is 0 Å². The van der Waals surface area contributed by atoms with Gasteiger partial charge in [-0.25, -0.2) is 0 Å². The van der Waals surface area contributed by atoms with Crippen molar-refractivity contribution in [2.24, 2.45) is 0 Å². The second kappa shape index (κ2) is 3.25. The topological polar surface area (TPSA) is 40.5 Å². The fourth-order valence-corrected chi connectivity index (χ4v) is 0.493. The van der Waals surface area contributed by atoms with Crippen molar-refractivity contribution >= 4 is 13.5 Å². The lowest BCUT2D eigenvalue weighted by atomic mass is 10.3. The molecule has 0 saturated carbocycles. The molecule has 1 aromatic rings. The van der Waals surface area contributed by atoms with Crippen molar-refractivity contribution in [3.05, 3.63) is 24.3 Å². The van der Waals surface area contributed by atoms with Crippen LogP contribution in [0.2, 0.25) is 0 Å². The molecule has 2 N–H and O–H groups in total. The summed E-state index contributed by atoms with van der Waals surface area (Å²) in [6.45, 7) is 0. The highest BCUT2D eigenvalue weighted by atomic mass is 32.1. The zero-order valence-corrected chi connectivity index (χ0v) is 5.43. The van der Waals surface area contributed by atoms with E-state index in [2.05, 4.69) is 0 Å². The standard InChI is InChI=1S/C6H6O2.S/c7-5-2-1-3-6(8)4-5;/h1-4,7-8H;. The largest absolute Gasteiger partial charge is 0.508 e. The summed E-state index contributed by atoms with van der Waals surface area (Å²) in [6.07, 6.45) is 0. The lowest BCUT2D eigenvalue weighted by Crippen LogP contribution is -1.61. The van der Waals surface area contributed by atoms with Gasteiger partial charge in [0.1, 0.15) is 11.5 Å². The number of benzene rings is 1. The van der Waals surface area contributed by atoms with Crippen LogP contribution in [0.15, 0.2) is 24.3 Å². The second-order valence-corrected chi connectivity index (χ2v) is 1.52. The van der Waals surface area contributed by atoms with E-state index in [1.165, 1.54) is 18.2 Å². The van der Waals surface area contributed by atoms with Crippen molar-refractivity contribution in [1.29, 1.82) is 0 Å². The predicted molar refractivity (Wildman–Crippen MR) is 37.4 cm³/mol. The van der Waals surface area contributed by atoms with Crippen LogP contribution in [0.5, 0.6) is 11.5 Å². The third kappa shape index (κ3) is 2.28. The highest BCUT2D eigenvalue weighted by molar-refractivity contribution is 7.59. The summed E-state index contributed by atoms with van der Waals surface area (Å²) in [5.41, 5.74) is 0. The summed E-state index contributed by atoms with van der Waals surface area (Å²) >= 11 is 0. The van der Waals surface area contributed by atoms with Crippen LogP contribution in [0.3, 0.4) is 0 Å². The van der Waals surface area contributed by atoms with E-state index in [1.54, 1.807) is 6.07 Å². The minimum atomic E-state index is 0. The Hall–Kier alpha value is -0.830. The molecule has 0 heterocycles. The zero-order valence-electron chi connectivity index (χ0n) is 4.61. The van der Waals surface area contributed by atoms with Gasteiger partial charge in [-0.05, 0) is 12.1 Å². The van der Waals surface area contributed by atoms with Gasteiger partial charge in [-0.1, -0.05) is 6.07 Å². The number of phenolic OH excluding ortho intramolecular Hbond substituents is 2. The number of aromatic hydroxyl groups is 2. The Morgan fingerprint density at radius 2 is 1.44 bits per heavy atom. The van der Waals surface area contributed by atoms with Crippen LogP contribution >= 0.6 is 13.5 Å². The van der Waals surface area contributed by atoms with Crippen molar-refractivity contribution < 1.29 is 10.2 Å². The monoisotopic (exact) mass is 142 g/mol. The first-order chi connectivity index (χ1) is 3.79. The van der Waals surface area contributed by atoms with Crippen molar-refractivity contribution in [2.45, 2.75) is 0 Å². The van der Waals surface area contributed by atoms with Gasteiger partial charge in [0.15, 0.2) is 0 Å². The van der Waals surface area contributed by atoms with E-state index in [4.69, 9.17) is 10.2 Å². The van der Waals surface area contributed by atoms with Gasteiger partial charge in [-0.3, -0.25) is 0 Å². The Labute approximate surface area is 60.2 Å². The molecule has 9 heavy (non-hydrogen) atoms. The smallest absolute Gasteiger partial charge is 0.119 e. The van der Waals surface area contributed by atoms with Gasteiger partial charge >= 0.3 is 0 Å². The van der Waals surface area contributed by atoms with E-state index in [-0.39, 0.29) is 25.0 Å². The maximum atomic E-state index is 8.65. The molecule has 0 unspecified atom stereocenters. The summed E-state index contributed by atoms with van der Waals surface area (Å²) in [4.78, 5) is 0. The van der Waals surface area contributed by atoms with Crippen molar-refractivity contribution in [2.75, 3.05) is 0 Å². The molecule has 0 spiro atoms. The fourth-order valence-electron chi connectivity index (χ4n) is 0.493. The van der Waals surface area contributed by atoms with Gasteiger partial charge in [-0.2, -0.15) is 0 Å². The molecule has 48 valence electrons. The van der Waals surface area contributed by atoms with E-state index in [0.29, 0.717) is 0 Å². The van der Waals surface area contributed by atoms with Crippen LogP contribution in [0.1, 0.15) is 0 Å². The maximum absolute atomic E-state index is 8.65. The molecule has 0 aromatic heterocycles. The molecule has 0 aliphatic heterocycles.